The molecule has 0 bridgehead atoms. The molecule has 3 rings (SSSR count). The van der Waals surface area contributed by atoms with Crippen LogP contribution in [0.5, 0.6) is 0 Å². The molecular weight excluding hydrogens is 321 g/mol. The van der Waals surface area contributed by atoms with E-state index in [-0.39, 0.29) is 18.1 Å². The van der Waals surface area contributed by atoms with Gasteiger partial charge in [0.05, 0.1) is 23.1 Å². The molecule has 5 nitrogen and oxygen atoms in total. The number of pyridine rings is 1. The maximum atomic E-state index is 13.2. The van der Waals surface area contributed by atoms with E-state index in [0.29, 0.717) is 29.2 Å². The second-order valence-corrected chi connectivity index (χ2v) is 5.55. The molecule has 2 N–H and O–H groups in total. The molecule has 1 aromatic heterocycles. The first-order valence-corrected chi connectivity index (χ1v) is 7.30. The summed E-state index contributed by atoms with van der Waals surface area (Å²) in [6.45, 7) is -0.144. The number of benzene rings is 1. The van der Waals surface area contributed by atoms with E-state index in [4.69, 9.17) is 11.6 Å². The Morgan fingerprint density at radius 1 is 1.35 bits per heavy atom. The van der Waals surface area contributed by atoms with E-state index in [2.05, 4.69) is 15.1 Å². The molecular formula is C16H13ClFN3O2. The van der Waals surface area contributed by atoms with Crippen molar-refractivity contribution in [3.05, 3.63) is 58.0 Å². The number of halogens is 2. The van der Waals surface area contributed by atoms with Crippen molar-refractivity contribution in [1.29, 1.82) is 0 Å². The fourth-order valence-electron chi connectivity index (χ4n) is 2.53. The highest BCUT2D eigenvalue weighted by Crippen LogP contribution is 2.28. The number of aromatic nitrogens is 1. The van der Waals surface area contributed by atoms with Crippen molar-refractivity contribution in [2.75, 3.05) is 6.61 Å². The highest BCUT2D eigenvalue weighted by Gasteiger charge is 2.21. The minimum absolute atomic E-state index is 0.0191. The van der Waals surface area contributed by atoms with Gasteiger partial charge in [0.25, 0.3) is 0 Å². The number of aliphatic hydroxyl groups excluding tert-OH is 1. The molecule has 0 saturated heterocycles. The van der Waals surface area contributed by atoms with Gasteiger partial charge in [-0.25, -0.2) is 14.4 Å². The first-order valence-electron chi connectivity index (χ1n) is 6.92. The summed E-state index contributed by atoms with van der Waals surface area (Å²) in [6, 6.07) is 6.09. The third-order valence-corrected chi connectivity index (χ3v) is 3.94. The summed E-state index contributed by atoms with van der Waals surface area (Å²) in [5.74, 6) is 0.0218. The second kappa shape index (κ2) is 6.44. The van der Waals surface area contributed by atoms with Gasteiger partial charge in [-0.05, 0) is 23.8 Å². The molecule has 2 aromatic rings. The van der Waals surface area contributed by atoms with Gasteiger partial charge in [-0.15, -0.1) is 0 Å². The highest BCUT2D eigenvalue weighted by atomic mass is 35.5. The van der Waals surface area contributed by atoms with E-state index in [0.717, 1.165) is 11.1 Å². The summed E-state index contributed by atoms with van der Waals surface area (Å²) in [5.41, 5.74) is 3.24. The van der Waals surface area contributed by atoms with Crippen molar-refractivity contribution in [1.82, 2.24) is 4.98 Å². The Kier molecular flexibility index (Phi) is 4.36. The van der Waals surface area contributed by atoms with Crippen molar-refractivity contribution in [2.45, 2.75) is 12.8 Å². The Balaban J connectivity index is 1.92. The molecule has 0 amide bonds. The average Bonchev–Trinajstić information content (AvgIpc) is 2.99. The number of oxime groups is 1. The fourth-order valence-corrected chi connectivity index (χ4v) is 2.74. The summed E-state index contributed by atoms with van der Waals surface area (Å²) < 4.78 is 13.2. The lowest BCUT2D eigenvalue weighted by molar-refractivity contribution is 0.318. The van der Waals surface area contributed by atoms with E-state index in [9.17, 15) is 14.7 Å². The molecule has 0 radical (unpaired) electrons. The van der Waals surface area contributed by atoms with Crippen LogP contribution in [0.25, 0.3) is 0 Å². The highest BCUT2D eigenvalue weighted by molar-refractivity contribution is 6.30. The Morgan fingerprint density at radius 2 is 2.17 bits per heavy atom. The second-order valence-electron chi connectivity index (χ2n) is 5.15. The van der Waals surface area contributed by atoms with E-state index in [1.165, 1.54) is 12.1 Å². The number of aliphatic imine (C=N–C) groups is 1. The molecule has 1 aliphatic rings. The zero-order chi connectivity index (χ0) is 16.4. The molecule has 0 saturated carbocycles. The molecule has 0 unspecified atom stereocenters. The van der Waals surface area contributed by atoms with Gasteiger partial charge >= 0.3 is 0 Å². The van der Waals surface area contributed by atoms with E-state index in [1.807, 2.05) is 0 Å². The Labute approximate surface area is 136 Å². The monoisotopic (exact) mass is 333 g/mol. The van der Waals surface area contributed by atoms with Crippen LogP contribution in [0.2, 0.25) is 5.02 Å². The van der Waals surface area contributed by atoms with Crippen LogP contribution in [0.15, 0.2) is 40.6 Å². The maximum Gasteiger partial charge on any atom is 0.156 e. The van der Waals surface area contributed by atoms with E-state index in [1.54, 1.807) is 18.3 Å². The number of hydrogen-bond donors (Lipinski definition) is 2. The molecule has 118 valence electrons. The predicted octanol–water partition coefficient (Wildman–Crippen LogP) is 2.92. The van der Waals surface area contributed by atoms with Crippen LogP contribution in [0.4, 0.5) is 10.2 Å². The first kappa shape index (κ1) is 15.6. The van der Waals surface area contributed by atoms with Gasteiger partial charge in [-0.3, -0.25) is 0 Å². The topological polar surface area (TPSA) is 78.1 Å². The summed E-state index contributed by atoms with van der Waals surface area (Å²) in [4.78, 5) is 8.39. The molecule has 7 heteroatoms. The van der Waals surface area contributed by atoms with Crippen molar-refractivity contribution in [2.24, 2.45) is 10.1 Å². The van der Waals surface area contributed by atoms with Gasteiger partial charge in [0.2, 0.25) is 0 Å². The Hall–Kier alpha value is -2.31. The van der Waals surface area contributed by atoms with Gasteiger partial charge in [0, 0.05) is 30.2 Å². The number of aliphatic hydroxyl groups is 1. The molecule has 2 heterocycles. The number of rotatable bonds is 4. The van der Waals surface area contributed by atoms with Crippen molar-refractivity contribution in [3.8, 4) is 0 Å². The predicted molar refractivity (Wildman–Crippen MR) is 85.6 cm³/mol. The lowest BCUT2D eigenvalue weighted by atomic mass is 9.97. The third-order valence-electron chi connectivity index (χ3n) is 3.65. The standard InChI is InChI=1S/C16H13ClFN3O2/c17-13-5-9(1-2-14(13)18)6-15(21-23)11-3-4-19-16-12(11)7-10(8-22)20-16/h1-5,22-23H,6-8H2/b21-15+. The van der Waals surface area contributed by atoms with Crippen LogP contribution in [0.3, 0.4) is 0 Å². The minimum Gasteiger partial charge on any atom is -0.411 e. The largest absolute Gasteiger partial charge is 0.411 e. The van der Waals surface area contributed by atoms with Crippen LogP contribution in [0.1, 0.15) is 16.7 Å². The van der Waals surface area contributed by atoms with Crippen LogP contribution in [-0.2, 0) is 12.8 Å². The smallest absolute Gasteiger partial charge is 0.156 e. The zero-order valence-electron chi connectivity index (χ0n) is 12.0. The lowest BCUT2D eigenvalue weighted by Gasteiger charge is -2.09. The maximum absolute atomic E-state index is 13.2. The number of nitrogens with zero attached hydrogens (tertiary/aromatic N) is 3. The van der Waals surface area contributed by atoms with E-state index >= 15 is 0 Å². The summed E-state index contributed by atoms with van der Waals surface area (Å²) in [6.07, 6.45) is 2.31. The van der Waals surface area contributed by atoms with Crippen molar-refractivity contribution in [3.63, 3.8) is 0 Å². The van der Waals surface area contributed by atoms with Gasteiger partial charge in [-0.1, -0.05) is 22.8 Å². The Bertz CT molecular complexity index is 821. The van der Waals surface area contributed by atoms with Crippen LogP contribution >= 0.6 is 11.6 Å². The first-order chi connectivity index (χ1) is 11.1. The number of fused-ring (bicyclic) bond motifs is 1. The van der Waals surface area contributed by atoms with Crippen molar-refractivity contribution >= 4 is 28.8 Å². The SMILES string of the molecule is OCC1=Nc2nccc(/C(Cc3ccc(F)c(Cl)c3)=N/O)c2C1. The average molecular weight is 334 g/mol. The van der Waals surface area contributed by atoms with Gasteiger partial charge in [0.15, 0.2) is 5.82 Å². The zero-order valence-corrected chi connectivity index (χ0v) is 12.8. The minimum atomic E-state index is -0.497. The van der Waals surface area contributed by atoms with E-state index < -0.39 is 5.82 Å². The summed E-state index contributed by atoms with van der Waals surface area (Å²) >= 11 is 5.78. The Morgan fingerprint density at radius 3 is 2.87 bits per heavy atom. The molecule has 0 aliphatic carbocycles. The molecule has 23 heavy (non-hydrogen) atoms. The normalized spacial score (nSPS) is 13.9. The van der Waals surface area contributed by atoms with Crippen LogP contribution in [-0.4, -0.2) is 33.3 Å². The van der Waals surface area contributed by atoms with Gasteiger partial charge in [-0.2, -0.15) is 0 Å². The van der Waals surface area contributed by atoms with Gasteiger partial charge in [0.1, 0.15) is 5.82 Å². The molecule has 0 atom stereocenters. The molecule has 0 fully saturated rings. The van der Waals surface area contributed by atoms with Crippen LogP contribution in [0, 0.1) is 5.82 Å². The third kappa shape index (κ3) is 3.09. The van der Waals surface area contributed by atoms with Gasteiger partial charge < -0.3 is 10.3 Å². The summed E-state index contributed by atoms with van der Waals surface area (Å²) in [7, 11) is 0. The van der Waals surface area contributed by atoms with Crippen LogP contribution < -0.4 is 0 Å². The molecule has 0 spiro atoms. The number of hydrogen-bond acceptors (Lipinski definition) is 5. The van der Waals surface area contributed by atoms with Crippen molar-refractivity contribution < 1.29 is 14.7 Å². The lowest BCUT2D eigenvalue weighted by Crippen LogP contribution is -2.11. The molecule has 1 aromatic carbocycles. The fraction of sp³-hybridized carbons (Fsp3) is 0.188. The quantitative estimate of drug-likeness (QED) is 0.513. The summed E-state index contributed by atoms with van der Waals surface area (Å²) in [5, 5.41) is 22.0. The molecule has 1 aliphatic heterocycles.